The second-order valence-corrected chi connectivity index (χ2v) is 7.73. The molecule has 3 heterocycles. The number of amides is 1. The van der Waals surface area contributed by atoms with Crippen LogP contribution in [0.15, 0.2) is 59.3 Å². The zero-order valence-corrected chi connectivity index (χ0v) is 16.5. The molecule has 1 N–H and O–H groups in total. The zero-order valence-electron chi connectivity index (χ0n) is 14.9. The molecule has 138 valence electrons. The van der Waals surface area contributed by atoms with E-state index in [0.29, 0.717) is 6.54 Å². The third kappa shape index (κ3) is 4.11. The second kappa shape index (κ2) is 8.05. The molecule has 0 spiro atoms. The summed E-state index contributed by atoms with van der Waals surface area (Å²) in [5.74, 6) is 0.223. The predicted molar refractivity (Wildman–Crippen MR) is 110 cm³/mol. The van der Waals surface area contributed by atoms with Crippen molar-refractivity contribution < 1.29 is 4.79 Å². The van der Waals surface area contributed by atoms with Gasteiger partial charge in [0.15, 0.2) is 0 Å². The first-order valence-electron chi connectivity index (χ1n) is 9.17. The molecule has 1 aliphatic rings. The number of hydrogen-bond donors (Lipinski definition) is 1. The van der Waals surface area contributed by atoms with Gasteiger partial charge in [0.2, 0.25) is 5.91 Å². The van der Waals surface area contributed by atoms with E-state index in [1.165, 1.54) is 0 Å². The first-order valence-corrected chi connectivity index (χ1v) is 9.97. The van der Waals surface area contributed by atoms with Crippen LogP contribution in [-0.4, -0.2) is 29.0 Å². The highest BCUT2D eigenvalue weighted by Crippen LogP contribution is 2.29. The van der Waals surface area contributed by atoms with Gasteiger partial charge in [-0.1, -0.05) is 30.3 Å². The highest BCUT2D eigenvalue weighted by molar-refractivity contribution is 9.10. The Kier molecular flexibility index (Phi) is 5.34. The van der Waals surface area contributed by atoms with E-state index in [2.05, 4.69) is 36.1 Å². The zero-order chi connectivity index (χ0) is 18.6. The molecule has 1 fully saturated rings. The maximum atomic E-state index is 12.5. The van der Waals surface area contributed by atoms with Crippen molar-refractivity contribution in [3.05, 3.63) is 64.9 Å². The van der Waals surface area contributed by atoms with E-state index in [9.17, 15) is 4.79 Å². The lowest BCUT2D eigenvalue weighted by Crippen LogP contribution is -2.40. The second-order valence-electron chi connectivity index (χ2n) is 6.82. The Balaban J connectivity index is 1.38. The smallest absolute Gasteiger partial charge is 0.223 e. The van der Waals surface area contributed by atoms with Gasteiger partial charge in [0.05, 0.1) is 11.2 Å². The SMILES string of the molecule is O=C(NCc1ccccc1)C1CCN(c2ccnc3cc(Br)cnc23)CC1. The molecule has 0 saturated carbocycles. The average Bonchev–Trinajstić information content (AvgIpc) is 2.72. The van der Waals surface area contributed by atoms with Crippen molar-refractivity contribution >= 4 is 38.6 Å². The van der Waals surface area contributed by atoms with Crippen molar-refractivity contribution in [2.75, 3.05) is 18.0 Å². The third-order valence-electron chi connectivity index (χ3n) is 5.04. The van der Waals surface area contributed by atoms with Crippen LogP contribution in [0, 0.1) is 5.92 Å². The van der Waals surface area contributed by atoms with Gasteiger partial charge in [-0.2, -0.15) is 0 Å². The Morgan fingerprint density at radius 3 is 2.70 bits per heavy atom. The third-order valence-corrected chi connectivity index (χ3v) is 5.47. The number of nitrogens with zero attached hydrogens (tertiary/aromatic N) is 3. The number of anilines is 1. The number of hydrogen-bond acceptors (Lipinski definition) is 4. The standard InChI is InChI=1S/C21H21BrN4O/c22-17-12-18-20(24-14-17)19(6-9-23-18)26-10-7-16(8-11-26)21(27)25-13-15-4-2-1-3-5-15/h1-6,9,12,14,16H,7-8,10-11,13H2,(H,25,27). The molecule has 5 nitrogen and oxygen atoms in total. The van der Waals surface area contributed by atoms with E-state index < -0.39 is 0 Å². The molecular weight excluding hydrogens is 404 g/mol. The molecular formula is C21H21BrN4O. The minimum Gasteiger partial charge on any atom is -0.370 e. The average molecular weight is 425 g/mol. The molecule has 2 aromatic heterocycles. The van der Waals surface area contributed by atoms with Crippen molar-refractivity contribution in [1.82, 2.24) is 15.3 Å². The first kappa shape index (κ1) is 17.9. The van der Waals surface area contributed by atoms with Crippen molar-refractivity contribution in [1.29, 1.82) is 0 Å². The van der Waals surface area contributed by atoms with E-state index in [0.717, 1.165) is 52.7 Å². The Morgan fingerprint density at radius 1 is 1.15 bits per heavy atom. The van der Waals surface area contributed by atoms with E-state index in [-0.39, 0.29) is 11.8 Å². The highest BCUT2D eigenvalue weighted by atomic mass is 79.9. The van der Waals surface area contributed by atoms with Crippen molar-refractivity contribution in [3.8, 4) is 0 Å². The lowest BCUT2D eigenvalue weighted by molar-refractivity contribution is -0.125. The maximum absolute atomic E-state index is 12.5. The Morgan fingerprint density at radius 2 is 1.93 bits per heavy atom. The van der Waals surface area contributed by atoms with Crippen LogP contribution in [-0.2, 0) is 11.3 Å². The Labute approximate surface area is 166 Å². The fourth-order valence-corrected chi connectivity index (χ4v) is 3.88. The molecule has 0 unspecified atom stereocenters. The molecule has 4 rings (SSSR count). The van der Waals surface area contributed by atoms with E-state index in [1.807, 2.05) is 48.7 Å². The summed E-state index contributed by atoms with van der Waals surface area (Å²) >= 11 is 3.45. The number of nitrogens with one attached hydrogen (secondary N) is 1. The van der Waals surface area contributed by atoms with Crippen molar-refractivity contribution in [2.45, 2.75) is 19.4 Å². The summed E-state index contributed by atoms with van der Waals surface area (Å²) in [5.41, 5.74) is 4.01. The summed E-state index contributed by atoms with van der Waals surface area (Å²) in [6.45, 7) is 2.29. The molecule has 3 aromatic rings. The number of fused-ring (bicyclic) bond motifs is 1. The molecule has 0 radical (unpaired) electrons. The number of carbonyl (C=O) groups is 1. The normalized spacial score (nSPS) is 15.1. The first-order chi connectivity index (χ1) is 13.2. The van der Waals surface area contributed by atoms with Crippen LogP contribution in [0.5, 0.6) is 0 Å². The van der Waals surface area contributed by atoms with Gasteiger partial charge in [-0.05, 0) is 46.5 Å². The minimum atomic E-state index is 0.0696. The van der Waals surface area contributed by atoms with Gasteiger partial charge in [0, 0.05) is 42.4 Å². The van der Waals surface area contributed by atoms with Gasteiger partial charge in [-0.25, -0.2) is 0 Å². The monoisotopic (exact) mass is 424 g/mol. The van der Waals surface area contributed by atoms with Gasteiger partial charge >= 0.3 is 0 Å². The molecule has 1 aromatic carbocycles. The topological polar surface area (TPSA) is 58.1 Å². The van der Waals surface area contributed by atoms with Crippen LogP contribution in [0.2, 0.25) is 0 Å². The summed E-state index contributed by atoms with van der Waals surface area (Å²) in [6, 6.07) is 14.0. The van der Waals surface area contributed by atoms with Crippen molar-refractivity contribution in [2.24, 2.45) is 5.92 Å². The molecule has 0 aliphatic carbocycles. The summed E-state index contributed by atoms with van der Waals surface area (Å²) in [6.07, 6.45) is 5.32. The number of piperidine rings is 1. The van der Waals surface area contributed by atoms with Gasteiger partial charge in [-0.15, -0.1) is 0 Å². The summed E-state index contributed by atoms with van der Waals surface area (Å²) in [7, 11) is 0. The molecule has 1 amide bonds. The molecule has 0 bridgehead atoms. The highest BCUT2D eigenvalue weighted by Gasteiger charge is 2.26. The lowest BCUT2D eigenvalue weighted by atomic mass is 9.95. The summed E-state index contributed by atoms with van der Waals surface area (Å²) in [4.78, 5) is 23.8. The van der Waals surface area contributed by atoms with Crippen LogP contribution < -0.4 is 10.2 Å². The Hall–Kier alpha value is -2.47. The van der Waals surface area contributed by atoms with E-state index in [1.54, 1.807) is 6.20 Å². The van der Waals surface area contributed by atoms with Gasteiger partial charge in [0.25, 0.3) is 0 Å². The van der Waals surface area contributed by atoms with E-state index >= 15 is 0 Å². The molecule has 1 saturated heterocycles. The maximum Gasteiger partial charge on any atom is 0.223 e. The van der Waals surface area contributed by atoms with Crippen LogP contribution in [0.1, 0.15) is 18.4 Å². The molecule has 1 aliphatic heterocycles. The number of rotatable bonds is 4. The predicted octanol–water partition coefficient (Wildman–Crippen LogP) is 3.93. The largest absolute Gasteiger partial charge is 0.370 e. The molecule has 27 heavy (non-hydrogen) atoms. The number of pyridine rings is 2. The van der Waals surface area contributed by atoms with Gasteiger partial charge in [0.1, 0.15) is 5.52 Å². The van der Waals surface area contributed by atoms with Crippen LogP contribution in [0.4, 0.5) is 5.69 Å². The van der Waals surface area contributed by atoms with Crippen LogP contribution >= 0.6 is 15.9 Å². The Bertz CT molecular complexity index is 939. The summed E-state index contributed by atoms with van der Waals surface area (Å²) in [5, 5.41) is 3.07. The fraction of sp³-hybridized carbons (Fsp3) is 0.286. The van der Waals surface area contributed by atoms with Gasteiger partial charge in [-0.3, -0.25) is 14.8 Å². The quantitative estimate of drug-likeness (QED) is 0.689. The fourth-order valence-electron chi connectivity index (χ4n) is 3.56. The minimum absolute atomic E-state index is 0.0696. The molecule has 0 atom stereocenters. The number of carbonyl (C=O) groups excluding carboxylic acids is 1. The molecule has 6 heteroatoms. The summed E-state index contributed by atoms with van der Waals surface area (Å²) < 4.78 is 0.924. The number of halogens is 1. The van der Waals surface area contributed by atoms with E-state index in [4.69, 9.17) is 0 Å². The van der Waals surface area contributed by atoms with Crippen LogP contribution in [0.25, 0.3) is 11.0 Å². The van der Waals surface area contributed by atoms with Crippen LogP contribution in [0.3, 0.4) is 0 Å². The number of aromatic nitrogens is 2. The number of benzene rings is 1. The lowest BCUT2D eigenvalue weighted by Gasteiger charge is -2.33. The van der Waals surface area contributed by atoms with Gasteiger partial charge < -0.3 is 10.2 Å². The van der Waals surface area contributed by atoms with Crippen molar-refractivity contribution in [3.63, 3.8) is 0 Å².